The van der Waals surface area contributed by atoms with Crippen molar-refractivity contribution >= 4 is 68.1 Å². The fourth-order valence-corrected chi connectivity index (χ4v) is 5.19. The average Bonchev–Trinajstić information content (AvgIpc) is 3.23. The van der Waals surface area contributed by atoms with Crippen molar-refractivity contribution in [1.82, 2.24) is 15.0 Å². The second kappa shape index (κ2) is 7.95. The highest BCUT2D eigenvalue weighted by Crippen LogP contribution is 2.42. The third-order valence-electron chi connectivity index (χ3n) is 5.25. The molecule has 1 amide bonds. The Morgan fingerprint density at radius 1 is 1.10 bits per heavy atom. The van der Waals surface area contributed by atoms with Gasteiger partial charge in [-0.15, -0.1) is 22.9 Å². The van der Waals surface area contributed by atoms with Gasteiger partial charge in [0.1, 0.15) is 16.6 Å². The average molecular weight is 490 g/mol. The van der Waals surface area contributed by atoms with Gasteiger partial charge in [0.15, 0.2) is 0 Å². The third-order valence-corrected chi connectivity index (χ3v) is 7.05. The highest BCUT2D eigenvalue weighted by atomic mass is 35.5. The lowest BCUT2D eigenvalue weighted by molar-refractivity contribution is -0.143. The molecule has 2 aromatic carbocycles. The van der Waals surface area contributed by atoms with Crippen molar-refractivity contribution in [2.75, 3.05) is 5.43 Å². The summed E-state index contributed by atoms with van der Waals surface area (Å²) in [6, 6.07) is 14.9. The molecule has 0 aliphatic carbocycles. The third kappa shape index (κ3) is 3.53. The van der Waals surface area contributed by atoms with E-state index in [0.29, 0.717) is 20.9 Å². The number of nitrogens with zero attached hydrogens (tertiary/aromatic N) is 3. The maximum atomic E-state index is 12.5. The Hall–Kier alpha value is -2.38. The van der Waals surface area contributed by atoms with E-state index in [1.807, 2.05) is 60.8 Å². The Kier molecular flexibility index (Phi) is 5.26. The molecule has 1 saturated heterocycles. The van der Waals surface area contributed by atoms with Crippen LogP contribution in [0.3, 0.4) is 0 Å². The van der Waals surface area contributed by atoms with E-state index in [1.54, 1.807) is 0 Å². The molecule has 4 aromatic rings. The molecule has 0 radical (unpaired) electrons. The summed E-state index contributed by atoms with van der Waals surface area (Å²) in [7, 11) is 0. The number of aryl methyl sites for hydroxylation is 1. The number of anilines is 1. The molecule has 5 rings (SSSR count). The van der Waals surface area contributed by atoms with Gasteiger partial charge in [0, 0.05) is 26.9 Å². The lowest BCUT2D eigenvalue weighted by Gasteiger charge is -2.44. The SMILES string of the molecule is Cc1cccc2cc(C3C(Cl)C(=O)N3Nc3nc(-c4ccccc4Cl)cs3)c(Cl)nc12. The van der Waals surface area contributed by atoms with Crippen LogP contribution in [0.4, 0.5) is 5.13 Å². The minimum Gasteiger partial charge on any atom is -0.271 e. The molecule has 0 spiro atoms. The van der Waals surface area contributed by atoms with Crippen LogP contribution in [-0.4, -0.2) is 26.3 Å². The molecule has 2 unspecified atom stereocenters. The number of hydrazine groups is 1. The van der Waals surface area contributed by atoms with Crippen molar-refractivity contribution in [3.63, 3.8) is 0 Å². The number of benzene rings is 2. The molecular weight excluding hydrogens is 475 g/mol. The van der Waals surface area contributed by atoms with E-state index in [-0.39, 0.29) is 5.91 Å². The standard InChI is InChI=1S/C22H15Cl3N4OS/c1-11-5-4-6-12-9-14(20(25)27-18(11)12)19-17(24)21(30)29(19)28-22-26-16(10-31-22)13-7-2-3-8-15(13)23/h2-10,17,19H,1H3,(H,26,28). The van der Waals surface area contributed by atoms with Crippen LogP contribution in [0.5, 0.6) is 0 Å². The minimum absolute atomic E-state index is 0.249. The second-order valence-corrected chi connectivity index (χ2v) is 9.29. The number of hydrogen-bond donors (Lipinski definition) is 1. The lowest BCUT2D eigenvalue weighted by Crippen LogP contribution is -2.58. The van der Waals surface area contributed by atoms with Crippen LogP contribution in [-0.2, 0) is 4.79 Å². The summed E-state index contributed by atoms with van der Waals surface area (Å²) in [5.74, 6) is -0.249. The first-order valence-corrected chi connectivity index (χ1v) is 11.5. The summed E-state index contributed by atoms with van der Waals surface area (Å²) in [5.41, 5.74) is 7.19. The minimum atomic E-state index is -0.739. The van der Waals surface area contributed by atoms with Crippen LogP contribution in [0.2, 0.25) is 10.2 Å². The van der Waals surface area contributed by atoms with Crippen LogP contribution in [0.25, 0.3) is 22.2 Å². The number of fused-ring (bicyclic) bond motifs is 1. The number of carbonyl (C=O) groups excluding carboxylic acids is 1. The van der Waals surface area contributed by atoms with Crippen LogP contribution in [0, 0.1) is 6.92 Å². The Bertz CT molecular complexity index is 1330. The van der Waals surface area contributed by atoms with E-state index < -0.39 is 11.4 Å². The smallest absolute Gasteiger partial charge is 0.262 e. The molecule has 1 aliphatic heterocycles. The van der Waals surface area contributed by atoms with E-state index in [2.05, 4.69) is 15.4 Å². The van der Waals surface area contributed by atoms with Gasteiger partial charge in [-0.1, -0.05) is 59.6 Å². The first kappa shape index (κ1) is 20.5. The molecule has 0 saturated carbocycles. The number of β-lactam (4-membered cyclic amide) rings is 1. The highest BCUT2D eigenvalue weighted by molar-refractivity contribution is 7.14. The topological polar surface area (TPSA) is 58.1 Å². The van der Waals surface area contributed by atoms with E-state index in [9.17, 15) is 4.79 Å². The molecule has 3 heterocycles. The molecule has 31 heavy (non-hydrogen) atoms. The monoisotopic (exact) mass is 488 g/mol. The van der Waals surface area contributed by atoms with Crippen LogP contribution >= 0.6 is 46.1 Å². The van der Waals surface area contributed by atoms with Crippen molar-refractivity contribution in [3.05, 3.63) is 75.2 Å². The quantitative estimate of drug-likeness (QED) is 0.202. The van der Waals surface area contributed by atoms with Gasteiger partial charge in [0.2, 0.25) is 5.13 Å². The van der Waals surface area contributed by atoms with Crippen molar-refractivity contribution in [2.24, 2.45) is 0 Å². The first-order chi connectivity index (χ1) is 14.9. The summed E-state index contributed by atoms with van der Waals surface area (Å²) in [6.45, 7) is 1.98. The number of aromatic nitrogens is 2. The number of alkyl halides is 1. The highest BCUT2D eigenvalue weighted by Gasteiger charge is 2.49. The molecular formula is C22H15Cl3N4OS. The fraction of sp³-hybridized carbons (Fsp3) is 0.136. The Balaban J connectivity index is 1.46. The van der Waals surface area contributed by atoms with E-state index in [0.717, 1.165) is 27.7 Å². The molecule has 1 N–H and O–H groups in total. The van der Waals surface area contributed by atoms with Crippen molar-refractivity contribution < 1.29 is 4.79 Å². The molecule has 1 fully saturated rings. The predicted molar refractivity (Wildman–Crippen MR) is 127 cm³/mol. The molecule has 5 nitrogen and oxygen atoms in total. The Labute approximate surface area is 197 Å². The van der Waals surface area contributed by atoms with Crippen molar-refractivity contribution in [1.29, 1.82) is 0 Å². The van der Waals surface area contributed by atoms with Gasteiger partial charge in [-0.3, -0.25) is 10.2 Å². The van der Waals surface area contributed by atoms with Crippen LogP contribution in [0.15, 0.2) is 53.9 Å². The number of rotatable bonds is 4. The molecule has 2 atom stereocenters. The number of hydrogen-bond acceptors (Lipinski definition) is 5. The van der Waals surface area contributed by atoms with E-state index in [4.69, 9.17) is 34.8 Å². The zero-order valence-corrected chi connectivity index (χ0v) is 19.2. The Morgan fingerprint density at radius 2 is 1.90 bits per heavy atom. The van der Waals surface area contributed by atoms with Gasteiger partial charge >= 0.3 is 0 Å². The predicted octanol–water partition coefficient (Wildman–Crippen LogP) is 6.49. The van der Waals surface area contributed by atoms with Gasteiger partial charge in [-0.2, -0.15) is 0 Å². The number of halogens is 3. The number of thiazole rings is 1. The van der Waals surface area contributed by atoms with Gasteiger partial charge in [0.05, 0.1) is 11.2 Å². The van der Waals surface area contributed by atoms with Crippen LogP contribution < -0.4 is 5.43 Å². The Morgan fingerprint density at radius 3 is 2.71 bits per heavy atom. The summed E-state index contributed by atoms with van der Waals surface area (Å²) in [4.78, 5) is 21.7. The number of nitrogens with one attached hydrogen (secondary N) is 1. The van der Waals surface area contributed by atoms with Crippen molar-refractivity contribution in [3.8, 4) is 11.3 Å². The summed E-state index contributed by atoms with van der Waals surface area (Å²) >= 11 is 20.5. The zero-order valence-electron chi connectivity index (χ0n) is 16.1. The zero-order chi connectivity index (χ0) is 21.7. The normalized spacial score (nSPS) is 18.3. The summed E-state index contributed by atoms with van der Waals surface area (Å²) in [5, 5.41) is 5.04. The maximum absolute atomic E-state index is 12.5. The number of para-hydroxylation sites is 1. The maximum Gasteiger partial charge on any atom is 0.262 e. The molecule has 0 bridgehead atoms. The molecule has 156 valence electrons. The summed E-state index contributed by atoms with van der Waals surface area (Å²) < 4.78 is 0. The van der Waals surface area contributed by atoms with Gasteiger partial charge < -0.3 is 0 Å². The largest absolute Gasteiger partial charge is 0.271 e. The number of carbonyl (C=O) groups is 1. The van der Waals surface area contributed by atoms with Crippen molar-refractivity contribution in [2.45, 2.75) is 18.3 Å². The first-order valence-electron chi connectivity index (χ1n) is 9.44. The summed E-state index contributed by atoms with van der Waals surface area (Å²) in [6.07, 6.45) is 0. The number of amides is 1. The van der Waals surface area contributed by atoms with Gasteiger partial charge in [0.25, 0.3) is 5.91 Å². The van der Waals surface area contributed by atoms with E-state index >= 15 is 0 Å². The second-order valence-electron chi connectivity index (χ2n) is 7.20. The van der Waals surface area contributed by atoms with Crippen LogP contribution in [0.1, 0.15) is 17.2 Å². The fourth-order valence-electron chi connectivity index (χ4n) is 3.64. The molecule has 2 aromatic heterocycles. The number of pyridine rings is 1. The molecule has 1 aliphatic rings. The van der Waals surface area contributed by atoms with Gasteiger partial charge in [-0.25, -0.2) is 15.0 Å². The molecule has 9 heteroatoms. The lowest BCUT2D eigenvalue weighted by atomic mass is 9.95. The van der Waals surface area contributed by atoms with Gasteiger partial charge in [-0.05, 0) is 24.6 Å². The van der Waals surface area contributed by atoms with E-state index in [1.165, 1.54) is 16.3 Å².